The number of esters is 2. The van der Waals surface area contributed by atoms with Crippen LogP contribution in [0.15, 0.2) is 0 Å². The molecule has 1 unspecified atom stereocenters. The molecule has 8 heteroatoms. The lowest BCUT2D eigenvalue weighted by molar-refractivity contribution is -0.177. The quantitative estimate of drug-likeness (QED) is 0.0480. The summed E-state index contributed by atoms with van der Waals surface area (Å²) in [7, 11) is 0. The van der Waals surface area contributed by atoms with Gasteiger partial charge in [-0.2, -0.15) is 0 Å². The summed E-state index contributed by atoms with van der Waals surface area (Å²) in [6.45, 7) is 23.2. The molecule has 0 saturated carbocycles. The average Bonchev–Trinajstić information content (AvgIpc) is 3.20. The lowest BCUT2D eigenvalue weighted by Crippen LogP contribution is -2.45. The van der Waals surface area contributed by atoms with Gasteiger partial charge in [0.2, 0.25) is 6.10 Å². The summed E-state index contributed by atoms with van der Waals surface area (Å²) in [5, 5.41) is 2.97. The number of unbranched alkanes of at least 4 members (excludes halogenated alkanes) is 29. The number of ether oxygens (including phenoxy) is 4. The van der Waals surface area contributed by atoms with Crippen molar-refractivity contribution in [1.82, 2.24) is 5.32 Å². The molecule has 0 heterocycles. The Kier molecular flexibility index (Phi) is 37.3. The van der Waals surface area contributed by atoms with Crippen molar-refractivity contribution in [2.24, 2.45) is 5.41 Å². The minimum absolute atomic E-state index is 0.224. The summed E-state index contributed by atoms with van der Waals surface area (Å²) in [4.78, 5) is 40.1. The molecule has 0 aliphatic rings. The van der Waals surface area contributed by atoms with E-state index in [-0.39, 0.29) is 18.6 Å². The molecule has 0 aliphatic heterocycles. The number of amides is 1. The van der Waals surface area contributed by atoms with E-state index in [0.717, 1.165) is 38.5 Å². The van der Waals surface area contributed by atoms with E-state index < -0.39 is 40.6 Å². The topological polar surface area (TPSA) is 100 Å². The second-order valence-corrected chi connectivity index (χ2v) is 22.3. The molecule has 0 radical (unpaired) electrons. The smallest absolute Gasteiger partial charge is 0.311 e. The van der Waals surface area contributed by atoms with Crippen LogP contribution >= 0.6 is 0 Å². The zero-order chi connectivity index (χ0) is 48.0. The van der Waals surface area contributed by atoms with Crippen LogP contribution in [0.1, 0.15) is 294 Å². The van der Waals surface area contributed by atoms with E-state index >= 15 is 0 Å². The van der Waals surface area contributed by atoms with E-state index in [9.17, 15) is 14.4 Å². The first-order valence-corrected chi connectivity index (χ1v) is 27.3. The van der Waals surface area contributed by atoms with Crippen molar-refractivity contribution in [3.05, 3.63) is 0 Å². The minimum Gasteiger partial charge on any atom is -0.461 e. The van der Waals surface area contributed by atoms with Crippen molar-refractivity contribution in [3.8, 4) is 0 Å². The van der Waals surface area contributed by atoms with Gasteiger partial charge >= 0.3 is 11.9 Å². The van der Waals surface area contributed by atoms with Gasteiger partial charge in [-0.1, -0.05) is 200 Å². The maximum atomic E-state index is 13.6. The second kappa shape index (κ2) is 38.3. The Morgan fingerprint density at radius 2 is 0.859 bits per heavy atom. The van der Waals surface area contributed by atoms with Crippen LogP contribution in [0.3, 0.4) is 0 Å². The Morgan fingerprint density at radius 3 is 1.25 bits per heavy atom. The third-order valence-electron chi connectivity index (χ3n) is 12.5. The van der Waals surface area contributed by atoms with Crippen LogP contribution in [0, 0.1) is 5.41 Å². The van der Waals surface area contributed by atoms with Crippen molar-refractivity contribution in [3.63, 3.8) is 0 Å². The van der Waals surface area contributed by atoms with Gasteiger partial charge in [-0.05, 0) is 88.0 Å². The third kappa shape index (κ3) is 39.5. The van der Waals surface area contributed by atoms with Crippen LogP contribution in [0.2, 0.25) is 0 Å². The van der Waals surface area contributed by atoms with Gasteiger partial charge in [-0.15, -0.1) is 0 Å². The van der Waals surface area contributed by atoms with E-state index in [2.05, 4.69) is 19.2 Å². The van der Waals surface area contributed by atoms with E-state index in [1.807, 2.05) is 62.3 Å². The van der Waals surface area contributed by atoms with E-state index in [4.69, 9.17) is 18.9 Å². The number of hydrogen-bond donors (Lipinski definition) is 1. The molecule has 0 aliphatic carbocycles. The molecule has 0 fully saturated rings. The lowest BCUT2D eigenvalue weighted by atomic mass is 9.81. The first kappa shape index (κ1) is 62.3. The number of hydrogen-bond acceptors (Lipinski definition) is 7. The molecular formula is C56H109NO7. The fourth-order valence-electron chi connectivity index (χ4n) is 8.94. The first-order valence-electron chi connectivity index (χ1n) is 27.3. The second-order valence-electron chi connectivity index (χ2n) is 22.3. The van der Waals surface area contributed by atoms with Gasteiger partial charge in [-0.3, -0.25) is 14.4 Å². The van der Waals surface area contributed by atoms with Crippen LogP contribution in [0.4, 0.5) is 0 Å². The number of carbonyl (C=O) groups is 3. The van der Waals surface area contributed by atoms with Gasteiger partial charge in [0, 0.05) is 19.6 Å². The van der Waals surface area contributed by atoms with Crippen molar-refractivity contribution >= 4 is 17.8 Å². The molecule has 0 aromatic rings. The fraction of sp³-hybridized carbons (Fsp3) is 0.946. The Hall–Kier alpha value is -1.67. The zero-order valence-corrected chi connectivity index (χ0v) is 44.6. The van der Waals surface area contributed by atoms with Crippen LogP contribution < -0.4 is 5.32 Å². The summed E-state index contributed by atoms with van der Waals surface area (Å²) >= 11 is 0. The first-order chi connectivity index (χ1) is 30.3. The normalized spacial score (nSPS) is 13.0. The van der Waals surface area contributed by atoms with Gasteiger partial charge in [0.05, 0.1) is 22.2 Å². The van der Waals surface area contributed by atoms with Crippen molar-refractivity contribution in [1.29, 1.82) is 0 Å². The molecule has 0 rings (SSSR count). The predicted molar refractivity (Wildman–Crippen MR) is 271 cm³/mol. The Bertz CT molecular complexity index is 1130. The summed E-state index contributed by atoms with van der Waals surface area (Å²) in [5.74, 6) is -1.27. The molecule has 0 aromatic carbocycles. The largest absolute Gasteiger partial charge is 0.461 e. The van der Waals surface area contributed by atoms with Gasteiger partial charge in [0.1, 0.15) is 6.61 Å². The molecule has 0 spiro atoms. The van der Waals surface area contributed by atoms with E-state index in [1.54, 1.807) is 0 Å². The molecule has 0 bridgehead atoms. The maximum absolute atomic E-state index is 13.6. The number of nitrogens with one attached hydrogen (secondary N) is 1. The zero-order valence-electron chi connectivity index (χ0n) is 44.6. The number of carbonyl (C=O) groups excluding carboxylic acids is 3. The molecule has 1 atom stereocenters. The van der Waals surface area contributed by atoms with E-state index in [1.165, 1.54) is 161 Å². The molecule has 0 saturated heterocycles. The lowest BCUT2D eigenvalue weighted by Gasteiger charge is -2.40. The van der Waals surface area contributed by atoms with Gasteiger partial charge in [0.15, 0.2) is 0 Å². The number of rotatable bonds is 45. The van der Waals surface area contributed by atoms with E-state index in [0.29, 0.717) is 26.0 Å². The van der Waals surface area contributed by atoms with Gasteiger partial charge < -0.3 is 24.3 Å². The molecule has 64 heavy (non-hydrogen) atoms. The van der Waals surface area contributed by atoms with Crippen LogP contribution in [0.25, 0.3) is 0 Å². The van der Waals surface area contributed by atoms with Crippen molar-refractivity contribution in [2.45, 2.75) is 317 Å². The molecule has 8 nitrogen and oxygen atoms in total. The van der Waals surface area contributed by atoms with Crippen LogP contribution in [0.5, 0.6) is 0 Å². The summed E-state index contributed by atoms with van der Waals surface area (Å²) in [6, 6.07) is 0. The van der Waals surface area contributed by atoms with Crippen LogP contribution in [-0.4, -0.2) is 60.5 Å². The van der Waals surface area contributed by atoms with Crippen LogP contribution in [-0.2, 0) is 33.3 Å². The molecule has 0 aromatic heterocycles. The average molecular weight is 908 g/mol. The highest BCUT2D eigenvalue weighted by Gasteiger charge is 2.40. The minimum atomic E-state index is -1.18. The standard InChI is InChI=1S/C56H109NO7/c1-12-14-16-18-20-22-24-26-28-30-32-34-36-38-40-42-45-57-51(59)49(63-50(58)43-41-39-37-35-33-31-29-27-25-23-21-19-17-15-13-2)47-61-52(60)54(6,7)48-56(10,11)64-55(8,9)44-46-62-53(3,4)5/h49H,12-48H2,1-11H3,(H,57,59). The highest BCUT2D eigenvalue weighted by molar-refractivity contribution is 5.84. The molecular weight excluding hydrogens is 799 g/mol. The predicted octanol–water partition coefficient (Wildman–Crippen LogP) is 16.3. The Morgan fingerprint density at radius 1 is 0.484 bits per heavy atom. The molecule has 1 N–H and O–H groups in total. The van der Waals surface area contributed by atoms with Crippen molar-refractivity contribution in [2.75, 3.05) is 19.8 Å². The highest BCUT2D eigenvalue weighted by Crippen LogP contribution is 2.35. The maximum Gasteiger partial charge on any atom is 0.311 e. The Labute approximate surface area is 397 Å². The highest BCUT2D eigenvalue weighted by atomic mass is 16.6. The Balaban J connectivity index is 4.87. The molecule has 1 amide bonds. The summed E-state index contributed by atoms with van der Waals surface area (Å²) in [6.07, 6.45) is 39.6. The van der Waals surface area contributed by atoms with Gasteiger partial charge in [0.25, 0.3) is 5.91 Å². The summed E-state index contributed by atoms with van der Waals surface area (Å²) < 4.78 is 24.0. The fourth-order valence-corrected chi connectivity index (χ4v) is 8.94. The van der Waals surface area contributed by atoms with Crippen molar-refractivity contribution < 1.29 is 33.3 Å². The SMILES string of the molecule is CCCCCCCCCCCCCCCCCCNC(=O)C(COC(=O)C(C)(C)CC(C)(C)OC(C)(C)CCOC(C)(C)C)OC(=O)CCCCCCCCCCCCCCCCC. The molecule has 380 valence electrons. The van der Waals surface area contributed by atoms with Gasteiger partial charge in [-0.25, -0.2) is 0 Å². The monoisotopic (exact) mass is 908 g/mol. The summed E-state index contributed by atoms with van der Waals surface area (Å²) in [5.41, 5.74) is -2.24. The third-order valence-corrected chi connectivity index (χ3v) is 12.5.